The molecule has 19 heavy (non-hydrogen) atoms. The summed E-state index contributed by atoms with van der Waals surface area (Å²) < 4.78 is 43.8. The quantitative estimate of drug-likeness (QED) is 0.836. The number of hydrogen-bond donors (Lipinski definition) is 2. The second-order valence-electron chi connectivity index (χ2n) is 4.55. The number of halogens is 3. The Bertz CT molecular complexity index is 585. The molecule has 0 amide bonds. The van der Waals surface area contributed by atoms with Crippen molar-refractivity contribution in [3.63, 3.8) is 0 Å². The van der Waals surface area contributed by atoms with Gasteiger partial charge in [0.05, 0.1) is 12.7 Å². The molecule has 1 fully saturated rings. The van der Waals surface area contributed by atoms with E-state index in [1.165, 1.54) is 0 Å². The third-order valence-electron chi connectivity index (χ3n) is 3.28. The van der Waals surface area contributed by atoms with Crippen LogP contribution in [-0.4, -0.2) is 24.7 Å². The first-order valence-corrected chi connectivity index (χ1v) is 6.07. The van der Waals surface area contributed by atoms with Crippen molar-refractivity contribution in [3.8, 4) is 0 Å². The van der Waals surface area contributed by atoms with Gasteiger partial charge in [-0.1, -0.05) is 12.1 Å². The predicted octanol–water partition coefficient (Wildman–Crippen LogP) is 2.85. The number of ether oxygens (including phenoxy) is 1. The molecule has 102 valence electrons. The Kier molecular flexibility index (Phi) is 2.99. The molecule has 0 saturated carbocycles. The van der Waals surface area contributed by atoms with E-state index in [0.29, 0.717) is 24.1 Å². The van der Waals surface area contributed by atoms with Crippen LogP contribution in [0.4, 0.5) is 13.2 Å². The Morgan fingerprint density at radius 2 is 2.11 bits per heavy atom. The summed E-state index contributed by atoms with van der Waals surface area (Å²) in [5.41, 5.74) is 0.550. The molecule has 2 aromatic rings. The molecule has 1 atom stereocenters. The van der Waals surface area contributed by atoms with E-state index in [4.69, 9.17) is 4.74 Å². The predicted molar refractivity (Wildman–Crippen MR) is 64.9 cm³/mol. The number of morpholine rings is 1. The molecule has 1 saturated heterocycles. The van der Waals surface area contributed by atoms with Gasteiger partial charge in [-0.05, 0) is 17.7 Å². The minimum absolute atomic E-state index is 0.200. The van der Waals surface area contributed by atoms with Gasteiger partial charge in [-0.25, -0.2) is 0 Å². The van der Waals surface area contributed by atoms with Crippen LogP contribution in [0.3, 0.4) is 0 Å². The van der Waals surface area contributed by atoms with Crippen molar-refractivity contribution in [2.45, 2.75) is 12.3 Å². The number of H-pyrrole nitrogens is 1. The molecular weight excluding hydrogens is 257 g/mol. The number of fused-ring (bicyclic) bond motifs is 1. The van der Waals surface area contributed by atoms with Crippen LogP contribution >= 0.6 is 0 Å². The van der Waals surface area contributed by atoms with Crippen LogP contribution in [0.5, 0.6) is 0 Å². The van der Waals surface area contributed by atoms with E-state index in [2.05, 4.69) is 10.3 Å². The first-order chi connectivity index (χ1) is 9.05. The summed E-state index contributed by atoms with van der Waals surface area (Å²) in [5, 5.41) is 3.75. The third kappa shape index (κ3) is 2.33. The van der Waals surface area contributed by atoms with Crippen LogP contribution in [0, 0.1) is 0 Å². The second-order valence-corrected chi connectivity index (χ2v) is 4.55. The van der Waals surface area contributed by atoms with Crippen LogP contribution in [-0.2, 0) is 10.9 Å². The minimum atomic E-state index is -4.36. The van der Waals surface area contributed by atoms with Gasteiger partial charge in [-0.3, -0.25) is 0 Å². The van der Waals surface area contributed by atoms with Crippen LogP contribution < -0.4 is 5.32 Å². The summed E-state index contributed by atoms with van der Waals surface area (Å²) in [6, 6.07) is 6.35. The third-order valence-corrected chi connectivity index (χ3v) is 3.28. The number of benzene rings is 1. The average molecular weight is 270 g/mol. The second kappa shape index (κ2) is 4.54. The van der Waals surface area contributed by atoms with Gasteiger partial charge in [-0.15, -0.1) is 0 Å². The zero-order chi connectivity index (χ0) is 13.5. The molecule has 0 aliphatic carbocycles. The van der Waals surface area contributed by atoms with Crippen molar-refractivity contribution >= 4 is 10.9 Å². The summed E-state index contributed by atoms with van der Waals surface area (Å²) >= 11 is 0. The Morgan fingerprint density at radius 3 is 2.79 bits per heavy atom. The molecule has 3 nitrogen and oxygen atoms in total. The van der Waals surface area contributed by atoms with Crippen molar-refractivity contribution < 1.29 is 17.9 Å². The van der Waals surface area contributed by atoms with Gasteiger partial charge in [-0.2, -0.15) is 13.2 Å². The van der Waals surface area contributed by atoms with Crippen LogP contribution in [0.25, 0.3) is 10.9 Å². The number of aromatic amines is 1. The molecule has 6 heteroatoms. The fourth-order valence-electron chi connectivity index (χ4n) is 2.38. The molecule has 1 aliphatic rings. The van der Waals surface area contributed by atoms with Gasteiger partial charge in [0.15, 0.2) is 0 Å². The normalized spacial score (nSPS) is 20.9. The van der Waals surface area contributed by atoms with Crippen molar-refractivity contribution in [3.05, 3.63) is 35.5 Å². The molecule has 2 heterocycles. The van der Waals surface area contributed by atoms with Gasteiger partial charge in [0, 0.05) is 24.0 Å². The van der Waals surface area contributed by atoms with Gasteiger partial charge in [0.2, 0.25) is 0 Å². The summed E-state index contributed by atoms with van der Waals surface area (Å²) in [5.74, 6) is 0. The molecule has 1 aliphatic heterocycles. The van der Waals surface area contributed by atoms with Gasteiger partial charge in [0.1, 0.15) is 5.69 Å². The monoisotopic (exact) mass is 270 g/mol. The maximum Gasteiger partial charge on any atom is 0.431 e. The van der Waals surface area contributed by atoms with Gasteiger partial charge < -0.3 is 15.0 Å². The number of hydrogen-bond acceptors (Lipinski definition) is 2. The van der Waals surface area contributed by atoms with Crippen molar-refractivity contribution in [1.82, 2.24) is 10.3 Å². The Balaban J connectivity index is 2.07. The highest BCUT2D eigenvalue weighted by molar-refractivity contribution is 5.84. The number of alkyl halides is 3. The lowest BCUT2D eigenvalue weighted by Gasteiger charge is -2.24. The van der Waals surface area contributed by atoms with Crippen LogP contribution in [0.1, 0.15) is 17.4 Å². The molecular formula is C13H13F3N2O. The summed E-state index contributed by atoms with van der Waals surface area (Å²) in [7, 11) is 0. The first kappa shape index (κ1) is 12.5. The molecule has 0 bridgehead atoms. The maximum atomic E-state index is 12.7. The molecule has 0 spiro atoms. The van der Waals surface area contributed by atoms with E-state index in [1.807, 2.05) is 6.07 Å². The van der Waals surface area contributed by atoms with E-state index < -0.39 is 11.9 Å². The van der Waals surface area contributed by atoms with Crippen molar-refractivity contribution in [1.29, 1.82) is 0 Å². The molecule has 3 rings (SSSR count). The van der Waals surface area contributed by atoms with Gasteiger partial charge >= 0.3 is 6.18 Å². The Labute approximate surface area is 107 Å². The molecule has 1 unspecified atom stereocenters. The number of nitrogens with one attached hydrogen (secondary N) is 2. The largest absolute Gasteiger partial charge is 0.431 e. The van der Waals surface area contributed by atoms with E-state index in [9.17, 15) is 13.2 Å². The minimum Gasteiger partial charge on any atom is -0.371 e. The fourth-order valence-corrected chi connectivity index (χ4v) is 2.38. The summed E-state index contributed by atoms with van der Waals surface area (Å²) in [6.07, 6.45) is -4.56. The van der Waals surface area contributed by atoms with Gasteiger partial charge in [0.25, 0.3) is 0 Å². The zero-order valence-corrected chi connectivity index (χ0v) is 10.1. The highest BCUT2D eigenvalue weighted by Gasteiger charge is 2.33. The van der Waals surface area contributed by atoms with Crippen molar-refractivity contribution in [2.24, 2.45) is 0 Å². The van der Waals surface area contributed by atoms with E-state index in [-0.39, 0.29) is 6.10 Å². The van der Waals surface area contributed by atoms with E-state index >= 15 is 0 Å². The number of rotatable bonds is 1. The van der Waals surface area contributed by atoms with Crippen molar-refractivity contribution in [2.75, 3.05) is 19.7 Å². The van der Waals surface area contributed by atoms with Crippen LogP contribution in [0.15, 0.2) is 24.3 Å². The molecule has 1 aromatic carbocycles. The summed E-state index contributed by atoms with van der Waals surface area (Å²) in [6.45, 7) is 1.96. The zero-order valence-electron chi connectivity index (χ0n) is 10.1. The Morgan fingerprint density at radius 1 is 1.26 bits per heavy atom. The molecule has 0 radical (unpaired) electrons. The summed E-state index contributed by atoms with van der Waals surface area (Å²) in [4.78, 5) is 2.41. The maximum absolute atomic E-state index is 12.7. The highest BCUT2D eigenvalue weighted by atomic mass is 19.4. The standard InChI is InChI=1S/C13H13F3N2O/c14-13(15,16)12-6-9-8(2-1-3-10(9)18-12)11-7-17-4-5-19-11/h1-3,6,11,17-18H,4-5,7H2. The van der Waals surface area contributed by atoms with Crippen LogP contribution in [0.2, 0.25) is 0 Å². The van der Waals surface area contributed by atoms with E-state index in [1.54, 1.807) is 12.1 Å². The first-order valence-electron chi connectivity index (χ1n) is 6.07. The Hall–Kier alpha value is -1.53. The molecule has 1 aromatic heterocycles. The SMILES string of the molecule is FC(F)(F)c1cc2c(C3CNCCO3)cccc2[nH]1. The lowest BCUT2D eigenvalue weighted by Crippen LogP contribution is -2.33. The lowest BCUT2D eigenvalue weighted by molar-refractivity contribution is -0.140. The smallest absolute Gasteiger partial charge is 0.371 e. The highest BCUT2D eigenvalue weighted by Crippen LogP contribution is 2.34. The van der Waals surface area contributed by atoms with E-state index in [0.717, 1.165) is 18.2 Å². The average Bonchev–Trinajstić information content (AvgIpc) is 2.83. The molecule has 2 N–H and O–H groups in total. The topological polar surface area (TPSA) is 37.0 Å². The fraction of sp³-hybridized carbons (Fsp3) is 0.385. The number of aromatic nitrogens is 1. The lowest BCUT2D eigenvalue weighted by atomic mass is 10.0.